The highest BCUT2D eigenvalue weighted by atomic mass is 16.5. The molecule has 1 aliphatic heterocycles. The van der Waals surface area contributed by atoms with Gasteiger partial charge in [0.05, 0.1) is 0 Å². The number of rotatable bonds is 4. The van der Waals surface area contributed by atoms with Crippen LogP contribution in [-0.4, -0.2) is 35.6 Å². The molecule has 1 heterocycles. The number of hydrogen-bond acceptors (Lipinski definition) is 3. The maximum absolute atomic E-state index is 11.3. The third-order valence-electron chi connectivity index (χ3n) is 3.95. The van der Waals surface area contributed by atoms with Crippen LogP contribution in [0.4, 0.5) is 0 Å². The van der Waals surface area contributed by atoms with Crippen LogP contribution in [0.25, 0.3) is 0 Å². The molecule has 2 N–H and O–H groups in total. The number of likely N-dealkylation sites (tertiary alicyclic amines) is 1. The maximum Gasteiger partial charge on any atom is 0.247 e. The summed E-state index contributed by atoms with van der Waals surface area (Å²) in [5.74, 6) is 0.169. The summed E-state index contributed by atoms with van der Waals surface area (Å²) in [7, 11) is 0. The minimum absolute atomic E-state index is 0.168. The molecule has 1 saturated heterocycles. The molecule has 4 nitrogen and oxygen atoms in total. The van der Waals surface area contributed by atoms with Gasteiger partial charge in [0.15, 0.2) is 0 Å². The highest BCUT2D eigenvalue weighted by Gasteiger charge is 2.23. The molecule has 2 rings (SSSR count). The quantitative estimate of drug-likeness (QED) is 0.644. The second-order valence-electron chi connectivity index (χ2n) is 5.36. The molecular formula is C15H22N2O2. The third-order valence-corrected chi connectivity index (χ3v) is 3.95. The van der Waals surface area contributed by atoms with E-state index in [1.807, 2.05) is 13.0 Å². The van der Waals surface area contributed by atoms with Gasteiger partial charge < -0.3 is 4.90 Å². The van der Waals surface area contributed by atoms with Gasteiger partial charge in [-0.1, -0.05) is 37.3 Å². The SMILES string of the molecule is CC(CN1CCC(c2ccccc2)CC1)C(=O)NO. The Morgan fingerprint density at radius 1 is 1.37 bits per heavy atom. The molecule has 1 fully saturated rings. The minimum atomic E-state index is -0.301. The van der Waals surface area contributed by atoms with E-state index in [-0.39, 0.29) is 11.8 Å². The van der Waals surface area contributed by atoms with Crippen molar-refractivity contribution in [3.8, 4) is 0 Å². The fraction of sp³-hybridized carbons (Fsp3) is 0.533. The fourth-order valence-corrected chi connectivity index (χ4v) is 2.75. The van der Waals surface area contributed by atoms with Crippen LogP contribution in [0.15, 0.2) is 30.3 Å². The van der Waals surface area contributed by atoms with Gasteiger partial charge in [-0.2, -0.15) is 0 Å². The van der Waals surface area contributed by atoms with Gasteiger partial charge in [0.25, 0.3) is 0 Å². The van der Waals surface area contributed by atoms with Crippen molar-refractivity contribution in [2.24, 2.45) is 5.92 Å². The Balaban J connectivity index is 1.81. The summed E-state index contributed by atoms with van der Waals surface area (Å²) in [4.78, 5) is 13.6. The Morgan fingerprint density at radius 3 is 2.58 bits per heavy atom. The third kappa shape index (κ3) is 3.78. The fourth-order valence-electron chi connectivity index (χ4n) is 2.75. The first kappa shape index (κ1) is 14.0. The Labute approximate surface area is 114 Å². The Bertz CT molecular complexity index is 400. The van der Waals surface area contributed by atoms with Crippen LogP contribution < -0.4 is 5.48 Å². The first-order valence-electron chi connectivity index (χ1n) is 6.92. The van der Waals surface area contributed by atoms with Gasteiger partial charge in [-0.05, 0) is 37.4 Å². The molecule has 1 aromatic rings. The lowest BCUT2D eigenvalue weighted by molar-refractivity contribution is -0.133. The van der Waals surface area contributed by atoms with E-state index < -0.39 is 0 Å². The number of carbonyl (C=O) groups is 1. The first-order chi connectivity index (χ1) is 9.20. The molecular weight excluding hydrogens is 240 g/mol. The van der Waals surface area contributed by atoms with Crippen molar-refractivity contribution in [1.29, 1.82) is 0 Å². The smallest absolute Gasteiger partial charge is 0.247 e. The predicted octanol–water partition coefficient (Wildman–Crippen LogP) is 2.01. The number of nitrogens with one attached hydrogen (secondary N) is 1. The molecule has 1 amide bonds. The van der Waals surface area contributed by atoms with Crippen molar-refractivity contribution in [2.45, 2.75) is 25.7 Å². The lowest BCUT2D eigenvalue weighted by atomic mass is 9.89. The zero-order chi connectivity index (χ0) is 13.7. The van der Waals surface area contributed by atoms with E-state index in [9.17, 15) is 4.79 Å². The Morgan fingerprint density at radius 2 is 2.00 bits per heavy atom. The van der Waals surface area contributed by atoms with E-state index in [1.54, 1.807) is 5.48 Å². The number of amides is 1. The van der Waals surface area contributed by atoms with Crippen LogP contribution >= 0.6 is 0 Å². The molecule has 0 aliphatic carbocycles. The summed E-state index contributed by atoms with van der Waals surface area (Å²) in [6, 6.07) is 10.6. The zero-order valence-corrected chi connectivity index (χ0v) is 11.4. The second kappa shape index (κ2) is 6.68. The molecule has 0 radical (unpaired) electrons. The average Bonchev–Trinajstić information content (AvgIpc) is 2.48. The number of hydrogen-bond donors (Lipinski definition) is 2. The van der Waals surface area contributed by atoms with Crippen molar-refractivity contribution in [3.63, 3.8) is 0 Å². The summed E-state index contributed by atoms with van der Waals surface area (Å²) >= 11 is 0. The van der Waals surface area contributed by atoms with Gasteiger partial charge in [-0.25, -0.2) is 5.48 Å². The van der Waals surface area contributed by atoms with Crippen LogP contribution in [0, 0.1) is 5.92 Å². The molecule has 1 atom stereocenters. The van der Waals surface area contributed by atoms with Gasteiger partial charge in [-0.15, -0.1) is 0 Å². The lowest BCUT2D eigenvalue weighted by Crippen LogP contribution is -2.40. The topological polar surface area (TPSA) is 52.6 Å². The molecule has 19 heavy (non-hydrogen) atoms. The van der Waals surface area contributed by atoms with Crippen molar-refractivity contribution in [1.82, 2.24) is 10.4 Å². The molecule has 1 aliphatic rings. The van der Waals surface area contributed by atoms with Gasteiger partial charge in [0, 0.05) is 12.5 Å². The zero-order valence-electron chi connectivity index (χ0n) is 11.4. The van der Waals surface area contributed by atoms with E-state index in [1.165, 1.54) is 5.56 Å². The molecule has 104 valence electrons. The molecule has 1 unspecified atom stereocenters. The standard InChI is InChI=1S/C15H22N2O2/c1-12(15(18)16-19)11-17-9-7-14(8-10-17)13-5-3-2-4-6-13/h2-6,12,14,19H,7-11H2,1H3,(H,16,18). The second-order valence-corrected chi connectivity index (χ2v) is 5.36. The minimum Gasteiger partial charge on any atom is -0.303 e. The Hall–Kier alpha value is -1.39. The summed E-state index contributed by atoms with van der Waals surface area (Å²) in [6.45, 7) is 4.59. The number of carbonyl (C=O) groups excluding carboxylic acids is 1. The predicted molar refractivity (Wildman–Crippen MR) is 74.0 cm³/mol. The largest absolute Gasteiger partial charge is 0.303 e. The van der Waals surface area contributed by atoms with Crippen LogP contribution in [0.3, 0.4) is 0 Å². The maximum atomic E-state index is 11.3. The molecule has 0 bridgehead atoms. The van der Waals surface area contributed by atoms with Gasteiger partial charge >= 0.3 is 0 Å². The summed E-state index contributed by atoms with van der Waals surface area (Å²) < 4.78 is 0. The van der Waals surface area contributed by atoms with E-state index in [0.29, 0.717) is 12.5 Å². The number of benzene rings is 1. The lowest BCUT2D eigenvalue weighted by Gasteiger charge is -2.33. The Kier molecular flexibility index (Phi) is 4.93. The normalized spacial score (nSPS) is 19.1. The highest BCUT2D eigenvalue weighted by Crippen LogP contribution is 2.27. The van der Waals surface area contributed by atoms with Crippen molar-refractivity contribution in [2.75, 3.05) is 19.6 Å². The summed E-state index contributed by atoms with van der Waals surface area (Å²) in [5, 5.41) is 8.61. The van der Waals surface area contributed by atoms with Crippen molar-refractivity contribution < 1.29 is 10.0 Å². The monoisotopic (exact) mass is 262 g/mol. The summed E-state index contributed by atoms with van der Waals surface area (Å²) in [5.41, 5.74) is 3.14. The van der Waals surface area contributed by atoms with Crippen LogP contribution in [-0.2, 0) is 4.79 Å². The number of piperidine rings is 1. The molecule has 0 aromatic heterocycles. The van der Waals surface area contributed by atoms with Crippen LogP contribution in [0.5, 0.6) is 0 Å². The molecule has 1 aromatic carbocycles. The summed E-state index contributed by atoms with van der Waals surface area (Å²) in [6.07, 6.45) is 2.27. The van der Waals surface area contributed by atoms with Crippen molar-refractivity contribution in [3.05, 3.63) is 35.9 Å². The van der Waals surface area contributed by atoms with Gasteiger partial charge in [0.2, 0.25) is 5.91 Å². The van der Waals surface area contributed by atoms with E-state index in [0.717, 1.165) is 25.9 Å². The van der Waals surface area contributed by atoms with E-state index in [4.69, 9.17) is 5.21 Å². The van der Waals surface area contributed by atoms with Gasteiger partial charge in [0.1, 0.15) is 0 Å². The number of hydroxylamine groups is 1. The van der Waals surface area contributed by atoms with Gasteiger partial charge in [-0.3, -0.25) is 10.0 Å². The van der Waals surface area contributed by atoms with Crippen LogP contribution in [0.1, 0.15) is 31.2 Å². The molecule has 4 heteroatoms. The molecule has 0 saturated carbocycles. The number of nitrogens with zero attached hydrogens (tertiary/aromatic N) is 1. The van der Waals surface area contributed by atoms with Crippen LogP contribution in [0.2, 0.25) is 0 Å². The highest BCUT2D eigenvalue weighted by molar-refractivity contribution is 5.77. The van der Waals surface area contributed by atoms with E-state index >= 15 is 0 Å². The first-order valence-corrected chi connectivity index (χ1v) is 6.92. The molecule has 0 spiro atoms. The van der Waals surface area contributed by atoms with Crippen molar-refractivity contribution >= 4 is 5.91 Å². The average molecular weight is 262 g/mol. The van der Waals surface area contributed by atoms with E-state index in [2.05, 4.69) is 29.2 Å².